The minimum atomic E-state index is 0.209. The van der Waals surface area contributed by atoms with Crippen molar-refractivity contribution in [3.8, 4) is 0 Å². The van der Waals surface area contributed by atoms with Gasteiger partial charge in [0.1, 0.15) is 0 Å². The molecule has 11 heavy (non-hydrogen) atoms. The molecule has 66 valence electrons. The highest BCUT2D eigenvalue weighted by atomic mass is 16.3. The highest BCUT2D eigenvalue weighted by molar-refractivity contribution is 4.97. The van der Waals surface area contributed by atoms with Gasteiger partial charge in [-0.3, -0.25) is 0 Å². The van der Waals surface area contributed by atoms with Crippen molar-refractivity contribution in [2.75, 3.05) is 6.61 Å². The fourth-order valence-corrected chi connectivity index (χ4v) is 0.883. The topological polar surface area (TPSA) is 20.2 Å². The maximum Gasteiger partial charge on any atom is 0.0639 e. The summed E-state index contributed by atoms with van der Waals surface area (Å²) in [6.07, 6.45) is 5.74. The summed E-state index contributed by atoms with van der Waals surface area (Å²) in [7, 11) is 0. The molecule has 0 saturated heterocycles. The Labute approximate surface area is 70.1 Å². The van der Waals surface area contributed by atoms with Gasteiger partial charge < -0.3 is 5.11 Å². The summed E-state index contributed by atoms with van der Waals surface area (Å²) >= 11 is 0. The molecule has 1 nitrogen and oxygen atoms in total. The van der Waals surface area contributed by atoms with E-state index in [2.05, 4.69) is 19.9 Å². The van der Waals surface area contributed by atoms with Gasteiger partial charge in [-0.25, -0.2) is 0 Å². The van der Waals surface area contributed by atoms with Crippen LogP contribution < -0.4 is 0 Å². The van der Waals surface area contributed by atoms with Crippen LogP contribution in [0.5, 0.6) is 0 Å². The summed E-state index contributed by atoms with van der Waals surface area (Å²) < 4.78 is 0. The van der Waals surface area contributed by atoms with Gasteiger partial charge >= 0.3 is 0 Å². The van der Waals surface area contributed by atoms with Crippen molar-refractivity contribution in [1.29, 1.82) is 0 Å². The van der Waals surface area contributed by atoms with Crippen molar-refractivity contribution < 1.29 is 5.11 Å². The Bertz CT molecular complexity index is 116. The quantitative estimate of drug-likeness (QED) is 0.607. The van der Waals surface area contributed by atoms with Crippen LogP contribution in [0, 0.1) is 5.92 Å². The molecular formula is C10H20O. The lowest BCUT2D eigenvalue weighted by Crippen LogP contribution is -1.91. The van der Waals surface area contributed by atoms with Gasteiger partial charge in [-0.05, 0) is 25.7 Å². The smallest absolute Gasteiger partial charge is 0.0639 e. The van der Waals surface area contributed by atoms with Gasteiger partial charge in [-0.2, -0.15) is 0 Å². The first-order chi connectivity index (χ1) is 5.20. The zero-order valence-electron chi connectivity index (χ0n) is 7.93. The number of aliphatic hydroxyl groups is 1. The Morgan fingerprint density at radius 3 is 2.64 bits per heavy atom. The fraction of sp³-hybridized carbons (Fsp3) is 0.800. The summed E-state index contributed by atoms with van der Waals surface area (Å²) in [5.74, 6) is 0.817. The summed E-state index contributed by atoms with van der Waals surface area (Å²) in [4.78, 5) is 0. The molecule has 0 rings (SSSR count). The van der Waals surface area contributed by atoms with E-state index in [-0.39, 0.29) is 6.61 Å². The summed E-state index contributed by atoms with van der Waals surface area (Å²) in [6.45, 7) is 6.66. The lowest BCUT2D eigenvalue weighted by molar-refractivity contribution is 0.330. The minimum Gasteiger partial charge on any atom is -0.392 e. The molecular weight excluding hydrogens is 136 g/mol. The maximum absolute atomic E-state index is 8.69. The van der Waals surface area contributed by atoms with E-state index in [9.17, 15) is 0 Å². The van der Waals surface area contributed by atoms with Gasteiger partial charge in [0.05, 0.1) is 6.61 Å². The second-order valence-electron chi connectivity index (χ2n) is 3.30. The van der Waals surface area contributed by atoms with E-state index in [0.29, 0.717) is 0 Å². The van der Waals surface area contributed by atoms with Crippen LogP contribution in [0.1, 0.15) is 40.0 Å². The highest BCUT2D eigenvalue weighted by Gasteiger charge is 1.95. The normalized spacial score (nSPS) is 15.1. The first-order valence-electron chi connectivity index (χ1n) is 4.47. The first kappa shape index (κ1) is 10.7. The van der Waals surface area contributed by atoms with Crippen molar-refractivity contribution in [3.63, 3.8) is 0 Å². The van der Waals surface area contributed by atoms with Crippen LogP contribution in [0.2, 0.25) is 0 Å². The fourth-order valence-electron chi connectivity index (χ4n) is 0.883. The van der Waals surface area contributed by atoms with E-state index in [0.717, 1.165) is 17.9 Å². The molecule has 0 saturated carbocycles. The van der Waals surface area contributed by atoms with Gasteiger partial charge in [-0.1, -0.05) is 31.9 Å². The second-order valence-corrected chi connectivity index (χ2v) is 3.30. The summed E-state index contributed by atoms with van der Waals surface area (Å²) in [6, 6.07) is 0. The monoisotopic (exact) mass is 156 g/mol. The molecule has 1 heteroatoms. The Balaban J connectivity index is 3.39. The van der Waals surface area contributed by atoms with E-state index >= 15 is 0 Å². The van der Waals surface area contributed by atoms with E-state index in [1.807, 2.05) is 6.92 Å². The molecule has 0 aliphatic rings. The third-order valence-corrected chi connectivity index (χ3v) is 2.10. The number of hydrogen-bond acceptors (Lipinski definition) is 1. The van der Waals surface area contributed by atoms with Crippen LogP contribution in [0.15, 0.2) is 11.6 Å². The minimum absolute atomic E-state index is 0.209. The van der Waals surface area contributed by atoms with Crippen molar-refractivity contribution in [2.24, 2.45) is 5.92 Å². The third-order valence-electron chi connectivity index (χ3n) is 2.10. The number of hydrogen-bond donors (Lipinski definition) is 1. The molecule has 0 aliphatic heterocycles. The molecule has 0 radical (unpaired) electrons. The summed E-state index contributed by atoms with van der Waals surface area (Å²) in [5, 5.41) is 8.69. The van der Waals surface area contributed by atoms with Crippen molar-refractivity contribution in [3.05, 3.63) is 11.6 Å². The molecule has 0 fully saturated rings. The van der Waals surface area contributed by atoms with E-state index in [1.165, 1.54) is 12.8 Å². The number of allylic oxidation sites excluding steroid dienone is 1. The maximum atomic E-state index is 8.69. The van der Waals surface area contributed by atoms with E-state index in [1.54, 1.807) is 0 Å². The van der Waals surface area contributed by atoms with Crippen LogP contribution in [0.4, 0.5) is 0 Å². The average molecular weight is 156 g/mol. The molecule has 0 bridgehead atoms. The predicted molar refractivity (Wildman–Crippen MR) is 49.5 cm³/mol. The molecule has 0 aliphatic carbocycles. The van der Waals surface area contributed by atoms with Crippen LogP contribution in [-0.2, 0) is 0 Å². The number of aliphatic hydroxyl groups excluding tert-OH is 1. The van der Waals surface area contributed by atoms with Gasteiger partial charge in [0.25, 0.3) is 0 Å². The lowest BCUT2D eigenvalue weighted by atomic mass is 10.0. The van der Waals surface area contributed by atoms with E-state index in [4.69, 9.17) is 5.11 Å². The largest absolute Gasteiger partial charge is 0.392 e. The molecule has 0 heterocycles. The average Bonchev–Trinajstić information content (AvgIpc) is 2.04. The molecule has 1 N–H and O–H groups in total. The molecule has 0 aromatic rings. The third kappa shape index (κ3) is 6.11. The van der Waals surface area contributed by atoms with Crippen LogP contribution in [0.3, 0.4) is 0 Å². The molecule has 1 atom stereocenters. The standard InChI is InChI=1S/C10H20O/c1-4-9(2)6-5-7-10(3)8-11/h7,9,11H,4-6,8H2,1-3H3/b10-7+/t9-/m1/s1. The molecule has 0 aromatic carbocycles. The zero-order chi connectivity index (χ0) is 8.69. The predicted octanol–water partition coefficient (Wildman–Crippen LogP) is 2.75. The molecule has 0 unspecified atom stereocenters. The SMILES string of the molecule is CC[C@@H](C)CC/C=C(\C)CO. The van der Waals surface area contributed by atoms with Gasteiger partial charge in [-0.15, -0.1) is 0 Å². The first-order valence-corrected chi connectivity index (χ1v) is 4.47. The van der Waals surface area contributed by atoms with Crippen molar-refractivity contribution >= 4 is 0 Å². The zero-order valence-corrected chi connectivity index (χ0v) is 7.93. The molecule has 0 amide bonds. The molecule has 0 spiro atoms. The van der Waals surface area contributed by atoms with Crippen molar-refractivity contribution in [1.82, 2.24) is 0 Å². The Hall–Kier alpha value is -0.300. The van der Waals surface area contributed by atoms with Gasteiger partial charge in [0.15, 0.2) is 0 Å². The van der Waals surface area contributed by atoms with Gasteiger partial charge in [0, 0.05) is 0 Å². The summed E-state index contributed by atoms with van der Waals surface area (Å²) in [5.41, 5.74) is 1.09. The Morgan fingerprint density at radius 2 is 2.18 bits per heavy atom. The number of rotatable bonds is 5. The molecule has 0 aromatic heterocycles. The van der Waals surface area contributed by atoms with Gasteiger partial charge in [0.2, 0.25) is 0 Å². The van der Waals surface area contributed by atoms with Crippen molar-refractivity contribution in [2.45, 2.75) is 40.0 Å². The van der Waals surface area contributed by atoms with Crippen LogP contribution in [-0.4, -0.2) is 11.7 Å². The van der Waals surface area contributed by atoms with E-state index < -0.39 is 0 Å². The Kier molecular flexibility index (Phi) is 6.24. The lowest BCUT2D eigenvalue weighted by Gasteiger charge is -2.04. The highest BCUT2D eigenvalue weighted by Crippen LogP contribution is 2.10. The van der Waals surface area contributed by atoms with Crippen LogP contribution >= 0.6 is 0 Å². The Morgan fingerprint density at radius 1 is 1.55 bits per heavy atom. The second kappa shape index (κ2) is 6.41. The van der Waals surface area contributed by atoms with Crippen LogP contribution in [0.25, 0.3) is 0 Å².